The lowest BCUT2D eigenvalue weighted by molar-refractivity contribution is -0.128. The first-order valence-electron chi connectivity index (χ1n) is 8.45. The number of nitrogens with one attached hydrogen (secondary N) is 1. The van der Waals surface area contributed by atoms with Gasteiger partial charge in [0.05, 0.1) is 6.61 Å². The topological polar surface area (TPSA) is 76.4 Å². The fraction of sp³-hybridized carbons (Fsp3) is 0.474. The number of aliphatic hydroxyl groups is 1. The highest BCUT2D eigenvalue weighted by Crippen LogP contribution is 2.22. The third-order valence-corrected chi connectivity index (χ3v) is 4.55. The van der Waals surface area contributed by atoms with Crippen molar-refractivity contribution in [1.82, 2.24) is 10.2 Å². The van der Waals surface area contributed by atoms with E-state index in [1.807, 2.05) is 30.3 Å². The van der Waals surface area contributed by atoms with E-state index < -0.39 is 0 Å². The number of carbonyl (C=O) groups is 1. The van der Waals surface area contributed by atoms with Gasteiger partial charge in [0.2, 0.25) is 0 Å². The number of hydrogen-bond donors (Lipinski definition) is 2. The van der Waals surface area contributed by atoms with Crippen molar-refractivity contribution in [3.05, 3.63) is 47.2 Å². The second-order valence-corrected chi connectivity index (χ2v) is 6.23. The maximum Gasteiger partial charge on any atom is 0.265 e. The highest BCUT2D eigenvalue weighted by atomic mass is 16.3. The summed E-state index contributed by atoms with van der Waals surface area (Å²) in [5.74, 6) is -0.215. The van der Waals surface area contributed by atoms with Gasteiger partial charge in [-0.25, -0.2) is 0 Å². The van der Waals surface area contributed by atoms with Crippen molar-refractivity contribution in [2.45, 2.75) is 51.3 Å². The molecule has 1 saturated carbocycles. The van der Waals surface area contributed by atoms with Crippen molar-refractivity contribution in [2.24, 2.45) is 0 Å². The molecule has 0 aromatic heterocycles. The second kappa shape index (κ2) is 9.09. The summed E-state index contributed by atoms with van der Waals surface area (Å²) in [4.78, 5) is 14.2. The Morgan fingerprint density at radius 1 is 1.29 bits per heavy atom. The molecular formula is C19H25N3O2. The molecule has 1 aliphatic carbocycles. The smallest absolute Gasteiger partial charge is 0.265 e. The lowest BCUT2D eigenvalue weighted by Crippen LogP contribution is -2.39. The lowest BCUT2D eigenvalue weighted by atomic mass is 9.94. The largest absolute Gasteiger partial charge is 0.392 e. The van der Waals surface area contributed by atoms with Gasteiger partial charge in [0.1, 0.15) is 11.6 Å². The fourth-order valence-corrected chi connectivity index (χ4v) is 3.00. The van der Waals surface area contributed by atoms with Crippen molar-refractivity contribution < 1.29 is 9.90 Å². The predicted octanol–water partition coefficient (Wildman–Crippen LogP) is 2.47. The molecule has 1 aliphatic rings. The maximum atomic E-state index is 12.5. The Morgan fingerprint density at radius 2 is 1.92 bits per heavy atom. The van der Waals surface area contributed by atoms with Gasteiger partial charge in [0.15, 0.2) is 0 Å². The average Bonchev–Trinajstić information content (AvgIpc) is 2.65. The molecule has 24 heavy (non-hydrogen) atoms. The molecule has 1 fully saturated rings. The molecule has 5 nitrogen and oxygen atoms in total. The number of nitrogens with zero attached hydrogens (tertiary/aromatic N) is 2. The monoisotopic (exact) mass is 327 g/mol. The molecule has 0 aliphatic heterocycles. The van der Waals surface area contributed by atoms with E-state index >= 15 is 0 Å². The van der Waals surface area contributed by atoms with E-state index in [0.717, 1.165) is 36.8 Å². The van der Waals surface area contributed by atoms with Crippen LogP contribution in [0.25, 0.3) is 0 Å². The van der Waals surface area contributed by atoms with E-state index in [9.17, 15) is 10.1 Å². The molecule has 128 valence electrons. The summed E-state index contributed by atoms with van der Waals surface area (Å²) in [6, 6.07) is 9.78. The van der Waals surface area contributed by atoms with Crippen LogP contribution in [-0.4, -0.2) is 29.0 Å². The van der Waals surface area contributed by atoms with Crippen LogP contribution < -0.4 is 5.32 Å². The molecule has 0 radical (unpaired) electrons. The van der Waals surface area contributed by atoms with Crippen molar-refractivity contribution in [3.8, 4) is 6.07 Å². The molecule has 0 heterocycles. The second-order valence-electron chi connectivity index (χ2n) is 6.23. The first-order valence-corrected chi connectivity index (χ1v) is 8.45. The zero-order valence-electron chi connectivity index (χ0n) is 14.2. The molecule has 5 heteroatoms. The fourth-order valence-electron chi connectivity index (χ4n) is 3.00. The van der Waals surface area contributed by atoms with Crippen LogP contribution >= 0.6 is 0 Å². The van der Waals surface area contributed by atoms with Gasteiger partial charge in [-0.3, -0.25) is 4.79 Å². The van der Waals surface area contributed by atoms with Crippen molar-refractivity contribution in [1.29, 1.82) is 5.26 Å². The van der Waals surface area contributed by atoms with Gasteiger partial charge in [-0.15, -0.1) is 0 Å². The molecule has 0 saturated heterocycles. The van der Waals surface area contributed by atoms with E-state index in [1.165, 1.54) is 12.6 Å². The molecule has 1 aromatic rings. The Labute approximate surface area is 143 Å². The van der Waals surface area contributed by atoms with E-state index in [2.05, 4.69) is 5.32 Å². The summed E-state index contributed by atoms with van der Waals surface area (Å²) in [5, 5.41) is 21.3. The molecule has 1 aromatic carbocycles. The summed E-state index contributed by atoms with van der Waals surface area (Å²) in [7, 11) is 1.79. The van der Waals surface area contributed by atoms with Crippen LogP contribution in [-0.2, 0) is 17.9 Å². The van der Waals surface area contributed by atoms with Crippen LogP contribution in [0.4, 0.5) is 0 Å². The third-order valence-electron chi connectivity index (χ3n) is 4.55. The quantitative estimate of drug-likeness (QED) is 0.621. The first-order chi connectivity index (χ1) is 11.7. The van der Waals surface area contributed by atoms with Gasteiger partial charge in [0.25, 0.3) is 5.91 Å². The lowest BCUT2D eigenvalue weighted by Gasteiger charge is -2.31. The summed E-state index contributed by atoms with van der Waals surface area (Å²) in [6.07, 6.45) is 7.07. The minimum atomic E-state index is -0.215. The van der Waals surface area contributed by atoms with Crippen molar-refractivity contribution in [2.75, 3.05) is 7.05 Å². The number of rotatable bonds is 6. The molecule has 2 N–H and O–H groups in total. The molecule has 0 spiro atoms. The number of hydrogen-bond acceptors (Lipinski definition) is 4. The Kier molecular flexibility index (Phi) is 6.83. The van der Waals surface area contributed by atoms with Crippen LogP contribution in [0.2, 0.25) is 0 Å². The Hall–Kier alpha value is -2.32. The summed E-state index contributed by atoms with van der Waals surface area (Å²) < 4.78 is 0. The molecule has 0 unspecified atom stereocenters. The van der Waals surface area contributed by atoms with Gasteiger partial charge >= 0.3 is 0 Å². The van der Waals surface area contributed by atoms with Gasteiger partial charge < -0.3 is 15.3 Å². The van der Waals surface area contributed by atoms with Crippen LogP contribution in [0, 0.1) is 11.3 Å². The minimum absolute atomic E-state index is 0.0220. The highest BCUT2D eigenvalue weighted by Gasteiger charge is 2.24. The standard InChI is InChI=1S/C19H25N3O2/c1-22(18-5-3-2-4-6-18)19(24)17(11-20)13-21-12-15-7-9-16(14-23)10-8-15/h7-10,13,18,21,23H,2-6,12,14H2,1H3/b17-13-. The van der Waals surface area contributed by atoms with Crippen LogP contribution in [0.15, 0.2) is 36.0 Å². The Balaban J connectivity index is 1.92. The Bertz CT molecular complexity index is 610. The highest BCUT2D eigenvalue weighted by molar-refractivity contribution is 5.97. The molecule has 1 amide bonds. The van der Waals surface area contributed by atoms with Crippen LogP contribution in [0.5, 0.6) is 0 Å². The van der Waals surface area contributed by atoms with E-state index in [4.69, 9.17) is 5.11 Å². The van der Waals surface area contributed by atoms with Crippen LogP contribution in [0.3, 0.4) is 0 Å². The SMILES string of the molecule is CN(C(=O)/C(C#N)=C\NCc1ccc(CO)cc1)C1CCCCC1. The molecular weight excluding hydrogens is 302 g/mol. The average molecular weight is 327 g/mol. The minimum Gasteiger partial charge on any atom is -0.392 e. The number of nitriles is 1. The van der Waals surface area contributed by atoms with Gasteiger partial charge in [0, 0.05) is 25.8 Å². The van der Waals surface area contributed by atoms with Crippen molar-refractivity contribution >= 4 is 5.91 Å². The van der Waals surface area contributed by atoms with Gasteiger partial charge in [-0.05, 0) is 24.0 Å². The summed E-state index contributed by atoms with van der Waals surface area (Å²) >= 11 is 0. The third kappa shape index (κ3) is 4.84. The summed E-state index contributed by atoms with van der Waals surface area (Å²) in [5.41, 5.74) is 2.01. The van der Waals surface area contributed by atoms with Crippen LogP contribution in [0.1, 0.15) is 43.2 Å². The predicted molar refractivity (Wildman–Crippen MR) is 92.5 cm³/mol. The van der Waals surface area contributed by atoms with Gasteiger partial charge in [-0.2, -0.15) is 5.26 Å². The Morgan fingerprint density at radius 3 is 2.50 bits per heavy atom. The maximum absolute atomic E-state index is 12.5. The zero-order valence-corrected chi connectivity index (χ0v) is 14.2. The number of amides is 1. The first kappa shape index (κ1) is 18.0. The van der Waals surface area contributed by atoms with E-state index in [1.54, 1.807) is 11.9 Å². The van der Waals surface area contributed by atoms with Crippen molar-refractivity contribution in [3.63, 3.8) is 0 Å². The number of benzene rings is 1. The summed E-state index contributed by atoms with van der Waals surface area (Å²) in [6.45, 7) is 0.547. The molecule has 0 bridgehead atoms. The number of carbonyl (C=O) groups excluding carboxylic acids is 1. The van der Waals surface area contributed by atoms with E-state index in [-0.39, 0.29) is 24.1 Å². The molecule has 0 atom stereocenters. The van der Waals surface area contributed by atoms with Gasteiger partial charge in [-0.1, -0.05) is 43.5 Å². The zero-order chi connectivity index (χ0) is 17.4. The number of aliphatic hydroxyl groups excluding tert-OH is 1. The molecule has 2 rings (SSSR count). The number of likely N-dealkylation sites (N-methyl/N-ethyl adjacent to an activating group) is 1. The normalized spacial score (nSPS) is 15.6. The van der Waals surface area contributed by atoms with E-state index in [0.29, 0.717) is 6.54 Å².